The molecule has 0 saturated heterocycles. The van der Waals surface area contributed by atoms with Crippen molar-refractivity contribution in [1.82, 2.24) is 14.9 Å². The number of nitrogens with zero attached hydrogens (tertiary/aromatic N) is 1. The third-order valence-corrected chi connectivity index (χ3v) is 2.43. The Morgan fingerprint density at radius 1 is 1.37 bits per heavy atom. The van der Waals surface area contributed by atoms with Gasteiger partial charge in [-0.2, -0.15) is 0 Å². The molecule has 1 rings (SSSR count). The minimum absolute atomic E-state index is 0.0863. The molecule has 7 nitrogen and oxygen atoms in total. The Kier molecular flexibility index (Phi) is 4.18. The lowest BCUT2D eigenvalue weighted by atomic mass is 10.1. The highest BCUT2D eigenvalue weighted by Crippen LogP contribution is 2.10. The van der Waals surface area contributed by atoms with Crippen LogP contribution in [0.2, 0.25) is 0 Å². The Balaban J connectivity index is 3.12. The molecule has 106 valence electrons. The summed E-state index contributed by atoms with van der Waals surface area (Å²) in [5.74, 6) is -0.876. The molecule has 0 fully saturated rings. The van der Waals surface area contributed by atoms with E-state index in [-0.39, 0.29) is 18.5 Å². The molecular weight excluding hydrogens is 250 g/mol. The van der Waals surface area contributed by atoms with Crippen LogP contribution in [0, 0.1) is 0 Å². The number of aromatic hydroxyl groups is 1. The smallest absolute Gasteiger partial charge is 0.331 e. The molecule has 1 heterocycles. The maximum atomic E-state index is 11.7. The van der Waals surface area contributed by atoms with Gasteiger partial charge in [-0.3, -0.25) is 19.1 Å². The van der Waals surface area contributed by atoms with Crippen LogP contribution < -0.4 is 16.6 Å². The molecule has 19 heavy (non-hydrogen) atoms. The quantitative estimate of drug-likeness (QED) is 0.702. The predicted molar refractivity (Wildman–Crippen MR) is 70.3 cm³/mol. The SMILES string of the molecule is CCc1c(O)n(CC(=O)NC(C)(C)C)c(=O)[nH]c1=O. The van der Waals surface area contributed by atoms with Crippen molar-refractivity contribution in [2.75, 3.05) is 0 Å². The van der Waals surface area contributed by atoms with Gasteiger partial charge < -0.3 is 10.4 Å². The third kappa shape index (κ3) is 3.70. The summed E-state index contributed by atoms with van der Waals surface area (Å²) in [4.78, 5) is 36.8. The number of hydrogen-bond donors (Lipinski definition) is 3. The first-order valence-electron chi connectivity index (χ1n) is 6.01. The minimum atomic E-state index is -0.802. The van der Waals surface area contributed by atoms with Crippen LogP contribution in [0.4, 0.5) is 0 Å². The van der Waals surface area contributed by atoms with Gasteiger partial charge in [0, 0.05) is 5.54 Å². The second-order valence-corrected chi connectivity index (χ2v) is 5.30. The van der Waals surface area contributed by atoms with E-state index in [4.69, 9.17) is 0 Å². The van der Waals surface area contributed by atoms with Gasteiger partial charge in [0.15, 0.2) is 0 Å². The molecule has 0 radical (unpaired) electrons. The van der Waals surface area contributed by atoms with Crippen LogP contribution in [-0.4, -0.2) is 26.1 Å². The minimum Gasteiger partial charge on any atom is -0.494 e. The molecule has 1 aromatic heterocycles. The maximum Gasteiger partial charge on any atom is 0.331 e. The second-order valence-electron chi connectivity index (χ2n) is 5.30. The van der Waals surface area contributed by atoms with Crippen LogP contribution >= 0.6 is 0 Å². The molecule has 0 atom stereocenters. The first kappa shape index (κ1) is 15.0. The van der Waals surface area contributed by atoms with Crippen molar-refractivity contribution < 1.29 is 9.90 Å². The molecule has 1 aromatic rings. The Morgan fingerprint density at radius 2 is 1.95 bits per heavy atom. The molecule has 0 spiro atoms. The fourth-order valence-electron chi connectivity index (χ4n) is 1.67. The number of aromatic amines is 1. The van der Waals surface area contributed by atoms with E-state index in [0.717, 1.165) is 4.57 Å². The van der Waals surface area contributed by atoms with Crippen molar-refractivity contribution in [3.63, 3.8) is 0 Å². The number of rotatable bonds is 3. The van der Waals surface area contributed by atoms with Crippen molar-refractivity contribution in [3.05, 3.63) is 26.4 Å². The highest BCUT2D eigenvalue weighted by molar-refractivity contribution is 5.76. The van der Waals surface area contributed by atoms with E-state index in [1.54, 1.807) is 27.7 Å². The Morgan fingerprint density at radius 3 is 2.42 bits per heavy atom. The summed E-state index contributed by atoms with van der Waals surface area (Å²) in [6.07, 6.45) is 0.266. The van der Waals surface area contributed by atoms with Gasteiger partial charge >= 0.3 is 5.69 Å². The van der Waals surface area contributed by atoms with Gasteiger partial charge in [0.05, 0.1) is 5.56 Å². The van der Waals surface area contributed by atoms with Crippen LogP contribution in [0.3, 0.4) is 0 Å². The van der Waals surface area contributed by atoms with Crippen molar-refractivity contribution in [3.8, 4) is 5.88 Å². The lowest BCUT2D eigenvalue weighted by molar-refractivity contribution is -0.123. The number of aromatic nitrogens is 2. The number of carbonyl (C=O) groups is 1. The maximum absolute atomic E-state index is 11.7. The molecule has 1 amide bonds. The standard InChI is InChI=1S/C12H19N3O4/c1-5-7-9(17)13-11(19)15(10(7)18)6-8(16)14-12(2,3)4/h18H,5-6H2,1-4H3,(H,14,16)(H,13,17,19). The molecule has 0 aliphatic carbocycles. The van der Waals surface area contributed by atoms with Gasteiger partial charge in [0.25, 0.3) is 5.56 Å². The average Bonchev–Trinajstić information content (AvgIpc) is 2.22. The van der Waals surface area contributed by atoms with Crippen molar-refractivity contribution in [1.29, 1.82) is 0 Å². The number of amides is 1. The first-order valence-corrected chi connectivity index (χ1v) is 6.01. The highest BCUT2D eigenvalue weighted by Gasteiger charge is 2.18. The monoisotopic (exact) mass is 269 g/mol. The highest BCUT2D eigenvalue weighted by atomic mass is 16.3. The summed E-state index contributed by atoms with van der Waals surface area (Å²) in [7, 11) is 0. The van der Waals surface area contributed by atoms with Gasteiger partial charge in [-0.1, -0.05) is 6.92 Å². The van der Waals surface area contributed by atoms with Crippen LogP contribution in [0.1, 0.15) is 33.3 Å². The van der Waals surface area contributed by atoms with Gasteiger partial charge in [0.1, 0.15) is 6.54 Å². The first-order chi connectivity index (χ1) is 8.65. The lowest BCUT2D eigenvalue weighted by Crippen LogP contribution is -2.44. The van der Waals surface area contributed by atoms with E-state index >= 15 is 0 Å². The molecule has 0 saturated carbocycles. The molecule has 3 N–H and O–H groups in total. The van der Waals surface area contributed by atoms with Gasteiger partial charge in [-0.05, 0) is 27.2 Å². The van der Waals surface area contributed by atoms with Gasteiger partial charge in [-0.25, -0.2) is 4.79 Å². The van der Waals surface area contributed by atoms with E-state index < -0.39 is 28.6 Å². The van der Waals surface area contributed by atoms with Crippen molar-refractivity contribution >= 4 is 5.91 Å². The number of hydrogen-bond acceptors (Lipinski definition) is 4. The van der Waals surface area contributed by atoms with Crippen LogP contribution in [0.25, 0.3) is 0 Å². The summed E-state index contributed by atoms with van der Waals surface area (Å²) in [6.45, 7) is 6.74. The van der Waals surface area contributed by atoms with Crippen molar-refractivity contribution in [2.45, 2.75) is 46.2 Å². The third-order valence-electron chi connectivity index (χ3n) is 2.43. The Hall–Kier alpha value is -2.05. The second kappa shape index (κ2) is 5.29. The van der Waals surface area contributed by atoms with E-state index in [1.807, 2.05) is 0 Å². The Bertz CT molecular complexity index is 592. The number of carbonyl (C=O) groups excluding carboxylic acids is 1. The molecule has 7 heteroatoms. The zero-order valence-corrected chi connectivity index (χ0v) is 11.5. The number of nitrogens with one attached hydrogen (secondary N) is 2. The zero-order valence-electron chi connectivity index (χ0n) is 11.5. The number of H-pyrrole nitrogens is 1. The van der Waals surface area contributed by atoms with Crippen molar-refractivity contribution in [2.24, 2.45) is 0 Å². The van der Waals surface area contributed by atoms with Crippen LogP contribution in [-0.2, 0) is 17.8 Å². The summed E-state index contributed by atoms with van der Waals surface area (Å²) in [5.41, 5.74) is -1.78. The molecule has 0 bridgehead atoms. The van der Waals surface area contributed by atoms with E-state index in [0.29, 0.717) is 0 Å². The van der Waals surface area contributed by atoms with E-state index in [1.165, 1.54) is 0 Å². The molecular formula is C12H19N3O4. The lowest BCUT2D eigenvalue weighted by Gasteiger charge is -2.21. The average molecular weight is 269 g/mol. The largest absolute Gasteiger partial charge is 0.494 e. The normalized spacial score (nSPS) is 11.4. The fourth-order valence-corrected chi connectivity index (χ4v) is 1.67. The Labute approximate surface area is 110 Å². The molecule has 0 aromatic carbocycles. The van der Waals surface area contributed by atoms with Gasteiger partial charge in [0.2, 0.25) is 11.8 Å². The topological polar surface area (TPSA) is 104 Å². The van der Waals surface area contributed by atoms with Crippen LogP contribution in [0.15, 0.2) is 9.59 Å². The fraction of sp³-hybridized carbons (Fsp3) is 0.583. The summed E-state index contributed by atoms with van der Waals surface area (Å²) in [6, 6.07) is 0. The van der Waals surface area contributed by atoms with Crippen LogP contribution in [0.5, 0.6) is 5.88 Å². The molecule has 0 aliphatic rings. The van der Waals surface area contributed by atoms with E-state index in [9.17, 15) is 19.5 Å². The van der Waals surface area contributed by atoms with Gasteiger partial charge in [-0.15, -0.1) is 0 Å². The molecule has 0 aliphatic heterocycles. The molecule has 0 unspecified atom stereocenters. The zero-order chi connectivity index (χ0) is 14.8. The summed E-state index contributed by atoms with van der Waals surface area (Å²) >= 11 is 0. The predicted octanol–water partition coefficient (Wildman–Crippen LogP) is -0.281. The summed E-state index contributed by atoms with van der Waals surface area (Å²) < 4.78 is 0.849. The summed E-state index contributed by atoms with van der Waals surface area (Å²) in [5, 5.41) is 12.5. The van der Waals surface area contributed by atoms with E-state index in [2.05, 4.69) is 10.3 Å².